The van der Waals surface area contributed by atoms with Crippen molar-refractivity contribution in [2.75, 3.05) is 6.61 Å². The van der Waals surface area contributed by atoms with Crippen LogP contribution in [0.5, 0.6) is 0 Å². The molecule has 1 saturated carbocycles. The maximum Gasteiger partial charge on any atom is 0.416 e. The second-order valence-corrected chi connectivity index (χ2v) is 6.85. The summed E-state index contributed by atoms with van der Waals surface area (Å²) in [5.41, 5.74) is -0.861. The van der Waals surface area contributed by atoms with E-state index in [0.29, 0.717) is 6.61 Å². The first-order chi connectivity index (χ1) is 11.4. The normalized spacial score (nSPS) is 23.4. The Balaban J connectivity index is 1.59. The standard InChI is InChI=1S/C18H22F3NO2/c19-18(20,21)15-7-3-2-6-13(15)10-16(23)22-14-11-17(24-12-14)8-4-1-5-9-17/h2-3,6-7,14H,1,4-5,8-12H2,(H,22,23)/t14-/m1/s1. The third kappa shape index (κ3) is 3.91. The summed E-state index contributed by atoms with van der Waals surface area (Å²) in [5.74, 6) is -0.381. The van der Waals surface area contributed by atoms with E-state index in [0.717, 1.165) is 38.2 Å². The molecule has 3 rings (SSSR count). The Morgan fingerprint density at radius 2 is 1.92 bits per heavy atom. The Morgan fingerprint density at radius 1 is 1.21 bits per heavy atom. The number of carbonyl (C=O) groups excluding carboxylic acids is 1. The van der Waals surface area contributed by atoms with Crippen LogP contribution in [0, 0.1) is 0 Å². The van der Waals surface area contributed by atoms with Crippen molar-refractivity contribution in [3.63, 3.8) is 0 Å². The Bertz CT molecular complexity index is 594. The Morgan fingerprint density at radius 3 is 2.62 bits per heavy atom. The Kier molecular flexibility index (Phi) is 4.85. The van der Waals surface area contributed by atoms with Crippen molar-refractivity contribution in [2.45, 2.75) is 62.8 Å². The van der Waals surface area contributed by atoms with Gasteiger partial charge in [-0.3, -0.25) is 4.79 Å². The second-order valence-electron chi connectivity index (χ2n) is 6.85. The van der Waals surface area contributed by atoms with Crippen LogP contribution in [0.4, 0.5) is 13.2 Å². The van der Waals surface area contributed by atoms with Gasteiger partial charge < -0.3 is 10.1 Å². The van der Waals surface area contributed by atoms with E-state index in [1.807, 2.05) is 0 Å². The van der Waals surface area contributed by atoms with E-state index >= 15 is 0 Å². The molecule has 1 N–H and O–H groups in total. The molecule has 1 aromatic rings. The molecule has 1 atom stereocenters. The number of hydrogen-bond donors (Lipinski definition) is 1. The smallest absolute Gasteiger partial charge is 0.373 e. The molecule has 0 unspecified atom stereocenters. The molecule has 1 aliphatic carbocycles. The molecule has 1 aromatic carbocycles. The van der Waals surface area contributed by atoms with Crippen LogP contribution >= 0.6 is 0 Å². The topological polar surface area (TPSA) is 38.3 Å². The highest BCUT2D eigenvalue weighted by Crippen LogP contribution is 2.39. The third-order valence-electron chi connectivity index (χ3n) is 5.01. The molecule has 24 heavy (non-hydrogen) atoms. The summed E-state index contributed by atoms with van der Waals surface area (Å²) in [6.45, 7) is 0.451. The lowest BCUT2D eigenvalue weighted by atomic mass is 9.82. The zero-order chi connectivity index (χ0) is 17.2. The van der Waals surface area contributed by atoms with E-state index in [4.69, 9.17) is 4.74 Å². The molecular weight excluding hydrogens is 319 g/mol. The first kappa shape index (κ1) is 17.3. The van der Waals surface area contributed by atoms with Crippen molar-refractivity contribution in [3.8, 4) is 0 Å². The summed E-state index contributed by atoms with van der Waals surface area (Å²) >= 11 is 0. The third-order valence-corrected chi connectivity index (χ3v) is 5.01. The van der Waals surface area contributed by atoms with Gasteiger partial charge in [-0.05, 0) is 30.9 Å². The number of ether oxygens (including phenoxy) is 1. The van der Waals surface area contributed by atoms with Crippen molar-refractivity contribution in [1.29, 1.82) is 0 Å². The second kappa shape index (κ2) is 6.75. The van der Waals surface area contributed by atoms with Crippen molar-refractivity contribution < 1.29 is 22.7 Å². The van der Waals surface area contributed by atoms with Gasteiger partial charge in [0.15, 0.2) is 0 Å². The first-order valence-electron chi connectivity index (χ1n) is 8.46. The summed E-state index contributed by atoms with van der Waals surface area (Å²) in [4.78, 5) is 12.2. The molecule has 0 aromatic heterocycles. The van der Waals surface area contributed by atoms with Gasteiger partial charge in [-0.1, -0.05) is 37.5 Å². The van der Waals surface area contributed by atoms with Gasteiger partial charge in [-0.2, -0.15) is 13.2 Å². The molecule has 1 amide bonds. The maximum atomic E-state index is 13.0. The molecule has 1 spiro atoms. The highest BCUT2D eigenvalue weighted by atomic mass is 19.4. The zero-order valence-corrected chi connectivity index (χ0v) is 13.5. The number of carbonyl (C=O) groups is 1. The molecule has 1 saturated heterocycles. The number of halogens is 3. The van der Waals surface area contributed by atoms with Gasteiger partial charge in [-0.25, -0.2) is 0 Å². The Hall–Kier alpha value is -1.56. The lowest BCUT2D eigenvalue weighted by molar-refractivity contribution is -0.138. The van der Waals surface area contributed by atoms with Crippen molar-refractivity contribution in [3.05, 3.63) is 35.4 Å². The molecule has 0 bridgehead atoms. The van der Waals surface area contributed by atoms with Gasteiger partial charge in [-0.15, -0.1) is 0 Å². The lowest BCUT2D eigenvalue weighted by Gasteiger charge is -2.32. The lowest BCUT2D eigenvalue weighted by Crippen LogP contribution is -2.38. The van der Waals surface area contributed by atoms with Crippen LogP contribution in [-0.2, 0) is 22.1 Å². The quantitative estimate of drug-likeness (QED) is 0.907. The maximum absolute atomic E-state index is 13.0. The van der Waals surface area contributed by atoms with E-state index in [-0.39, 0.29) is 29.5 Å². The molecule has 1 aliphatic heterocycles. The van der Waals surface area contributed by atoms with Crippen molar-refractivity contribution in [2.24, 2.45) is 0 Å². The van der Waals surface area contributed by atoms with Crippen LogP contribution in [0.15, 0.2) is 24.3 Å². The van der Waals surface area contributed by atoms with Crippen LogP contribution in [-0.4, -0.2) is 24.2 Å². The fourth-order valence-electron chi connectivity index (χ4n) is 3.88. The van der Waals surface area contributed by atoms with E-state index in [1.54, 1.807) is 0 Å². The van der Waals surface area contributed by atoms with Crippen LogP contribution in [0.2, 0.25) is 0 Å². The fourth-order valence-corrected chi connectivity index (χ4v) is 3.88. The van der Waals surface area contributed by atoms with Gasteiger partial charge in [0, 0.05) is 0 Å². The van der Waals surface area contributed by atoms with Gasteiger partial charge in [0.1, 0.15) is 0 Å². The van der Waals surface area contributed by atoms with Crippen LogP contribution in [0.3, 0.4) is 0 Å². The summed E-state index contributed by atoms with van der Waals surface area (Å²) in [6, 6.07) is 5.12. The van der Waals surface area contributed by atoms with Crippen molar-refractivity contribution >= 4 is 5.91 Å². The minimum atomic E-state index is -4.44. The number of rotatable bonds is 3. The number of amides is 1. The number of alkyl halides is 3. The number of hydrogen-bond acceptors (Lipinski definition) is 2. The summed E-state index contributed by atoms with van der Waals surface area (Å²) in [7, 11) is 0. The molecule has 6 heteroatoms. The molecule has 132 valence electrons. The molecule has 3 nitrogen and oxygen atoms in total. The van der Waals surface area contributed by atoms with Crippen LogP contribution < -0.4 is 5.32 Å². The average molecular weight is 341 g/mol. The van der Waals surface area contributed by atoms with Gasteiger partial charge in [0.05, 0.1) is 30.2 Å². The molecular formula is C18H22F3NO2. The van der Waals surface area contributed by atoms with Crippen LogP contribution in [0.1, 0.15) is 49.7 Å². The van der Waals surface area contributed by atoms with Crippen LogP contribution in [0.25, 0.3) is 0 Å². The van der Waals surface area contributed by atoms with E-state index in [2.05, 4.69) is 5.32 Å². The summed E-state index contributed by atoms with van der Waals surface area (Å²) in [5, 5.41) is 2.85. The van der Waals surface area contributed by atoms with E-state index < -0.39 is 11.7 Å². The zero-order valence-electron chi connectivity index (χ0n) is 13.5. The summed E-state index contributed by atoms with van der Waals surface area (Å²) in [6.07, 6.45) is 1.57. The predicted molar refractivity (Wildman–Crippen MR) is 83.5 cm³/mol. The monoisotopic (exact) mass is 341 g/mol. The van der Waals surface area contributed by atoms with Gasteiger partial charge in [0.25, 0.3) is 0 Å². The highest BCUT2D eigenvalue weighted by Gasteiger charge is 2.41. The van der Waals surface area contributed by atoms with Gasteiger partial charge in [0.2, 0.25) is 5.91 Å². The molecule has 1 heterocycles. The summed E-state index contributed by atoms with van der Waals surface area (Å²) < 4.78 is 44.9. The molecule has 2 fully saturated rings. The first-order valence-corrected chi connectivity index (χ1v) is 8.46. The SMILES string of the molecule is O=C(Cc1ccccc1C(F)(F)F)N[C@H]1COC2(CCCCC2)C1. The minimum Gasteiger partial charge on any atom is -0.373 e. The molecule has 0 radical (unpaired) electrons. The number of benzene rings is 1. The highest BCUT2D eigenvalue weighted by molar-refractivity contribution is 5.79. The predicted octanol–water partition coefficient (Wildman–Crippen LogP) is 3.86. The number of nitrogens with one attached hydrogen (secondary N) is 1. The molecule has 2 aliphatic rings. The van der Waals surface area contributed by atoms with E-state index in [1.165, 1.54) is 24.6 Å². The van der Waals surface area contributed by atoms with Crippen molar-refractivity contribution in [1.82, 2.24) is 5.32 Å². The minimum absolute atomic E-state index is 0.00814. The largest absolute Gasteiger partial charge is 0.416 e. The fraction of sp³-hybridized carbons (Fsp3) is 0.611. The van der Waals surface area contributed by atoms with Gasteiger partial charge >= 0.3 is 6.18 Å². The average Bonchev–Trinajstić information content (AvgIpc) is 2.89. The Labute approximate surface area is 139 Å². The van der Waals surface area contributed by atoms with E-state index in [9.17, 15) is 18.0 Å².